The predicted octanol–water partition coefficient (Wildman–Crippen LogP) is 4.86. The van der Waals surface area contributed by atoms with Gasteiger partial charge in [-0.1, -0.05) is 29.8 Å². The Hall–Kier alpha value is -2.44. The molecule has 28 heavy (non-hydrogen) atoms. The van der Waals surface area contributed by atoms with Crippen LogP contribution in [0.25, 0.3) is 10.1 Å². The van der Waals surface area contributed by atoms with Crippen LogP contribution in [-0.2, 0) is 0 Å². The highest BCUT2D eigenvalue weighted by Crippen LogP contribution is 2.36. The van der Waals surface area contributed by atoms with Gasteiger partial charge in [0.25, 0.3) is 5.91 Å². The summed E-state index contributed by atoms with van der Waals surface area (Å²) < 4.78 is 15.4. The molecule has 1 aromatic heterocycles. The van der Waals surface area contributed by atoms with Crippen molar-refractivity contribution in [1.29, 1.82) is 0 Å². The lowest BCUT2D eigenvalue weighted by molar-refractivity contribution is 0.0751. The minimum absolute atomic E-state index is 0.0850. The third-order valence-corrected chi connectivity index (χ3v) is 6.65. The number of carbonyl (C=O) groups is 2. The fourth-order valence-electron chi connectivity index (χ4n) is 3.43. The molecule has 0 atom stereocenters. The number of piperazine rings is 1. The Morgan fingerprint density at radius 3 is 2.43 bits per heavy atom. The fourth-order valence-corrected chi connectivity index (χ4v) is 4.91. The van der Waals surface area contributed by atoms with Crippen molar-refractivity contribution in [2.75, 3.05) is 31.1 Å². The van der Waals surface area contributed by atoms with Crippen molar-refractivity contribution in [3.05, 3.63) is 63.7 Å². The van der Waals surface area contributed by atoms with Crippen LogP contribution in [0.4, 0.5) is 10.1 Å². The molecule has 0 aliphatic carbocycles. The highest BCUT2D eigenvalue weighted by Gasteiger charge is 2.27. The van der Waals surface area contributed by atoms with Crippen molar-refractivity contribution >= 4 is 50.4 Å². The van der Waals surface area contributed by atoms with Gasteiger partial charge in [-0.25, -0.2) is 4.39 Å². The topological polar surface area (TPSA) is 40.6 Å². The van der Waals surface area contributed by atoms with Crippen molar-refractivity contribution in [2.45, 2.75) is 6.92 Å². The smallest absolute Gasteiger partial charge is 0.265 e. The number of thiophene rings is 1. The van der Waals surface area contributed by atoms with E-state index in [1.165, 1.54) is 24.3 Å². The van der Waals surface area contributed by atoms with Crippen LogP contribution in [-0.4, -0.2) is 42.8 Å². The third-order valence-electron chi connectivity index (χ3n) is 4.99. The number of benzene rings is 2. The summed E-state index contributed by atoms with van der Waals surface area (Å²) in [5, 5.41) is 1.39. The van der Waals surface area contributed by atoms with Crippen molar-refractivity contribution in [3.63, 3.8) is 0 Å². The van der Waals surface area contributed by atoms with E-state index < -0.39 is 5.82 Å². The van der Waals surface area contributed by atoms with Crippen LogP contribution in [0.5, 0.6) is 0 Å². The van der Waals surface area contributed by atoms with Crippen molar-refractivity contribution in [3.8, 4) is 0 Å². The van der Waals surface area contributed by atoms with E-state index in [2.05, 4.69) is 0 Å². The molecule has 1 aliphatic rings. The molecule has 2 aromatic carbocycles. The summed E-state index contributed by atoms with van der Waals surface area (Å²) in [6.07, 6.45) is 0. The molecule has 2 heterocycles. The summed E-state index contributed by atoms with van der Waals surface area (Å²) in [6, 6.07) is 12.2. The second-order valence-electron chi connectivity index (χ2n) is 6.74. The number of Topliss-reactive ketones (excluding diaryl/α,β-unsaturated/α-hetero) is 1. The largest absolute Gasteiger partial charge is 0.366 e. The molecule has 1 amide bonds. The monoisotopic (exact) mass is 416 g/mol. The van der Waals surface area contributed by atoms with Crippen LogP contribution in [0.15, 0.2) is 42.5 Å². The summed E-state index contributed by atoms with van der Waals surface area (Å²) in [5.74, 6) is -0.667. The van der Waals surface area contributed by atoms with E-state index in [0.717, 1.165) is 10.1 Å². The first-order valence-electron chi connectivity index (χ1n) is 8.97. The van der Waals surface area contributed by atoms with E-state index in [1.807, 2.05) is 29.2 Å². The van der Waals surface area contributed by atoms with Crippen LogP contribution in [0.3, 0.4) is 0 Å². The van der Waals surface area contributed by atoms with Gasteiger partial charge >= 0.3 is 0 Å². The molecule has 1 saturated heterocycles. The molecule has 0 unspecified atom stereocenters. The summed E-state index contributed by atoms with van der Waals surface area (Å²) in [7, 11) is 0. The first-order chi connectivity index (χ1) is 13.5. The first kappa shape index (κ1) is 18.9. The van der Waals surface area contributed by atoms with Gasteiger partial charge in [0.05, 0.1) is 10.7 Å². The molecule has 1 fully saturated rings. The quantitative estimate of drug-likeness (QED) is 0.572. The van der Waals surface area contributed by atoms with Crippen LogP contribution in [0.1, 0.15) is 27.0 Å². The highest BCUT2D eigenvalue weighted by atomic mass is 35.5. The standard InChI is InChI=1S/C21H18ClFN2O2S/c1-13(26)14-6-7-17(16(23)12-14)24-8-10-25(11-9-24)21(27)20-19(22)15-4-2-3-5-18(15)28-20/h2-7,12H,8-11H2,1H3. The Morgan fingerprint density at radius 1 is 1.07 bits per heavy atom. The van der Waals surface area contributed by atoms with Gasteiger partial charge in [0.1, 0.15) is 10.7 Å². The zero-order valence-electron chi connectivity index (χ0n) is 15.2. The normalized spacial score (nSPS) is 14.5. The van der Waals surface area contributed by atoms with E-state index in [-0.39, 0.29) is 11.7 Å². The van der Waals surface area contributed by atoms with Crippen molar-refractivity contribution < 1.29 is 14.0 Å². The van der Waals surface area contributed by atoms with Crippen LogP contribution >= 0.6 is 22.9 Å². The number of ketones is 1. The average molecular weight is 417 g/mol. The lowest BCUT2D eigenvalue weighted by Gasteiger charge is -2.36. The maximum Gasteiger partial charge on any atom is 0.265 e. The van der Waals surface area contributed by atoms with E-state index in [4.69, 9.17) is 11.6 Å². The summed E-state index contributed by atoms with van der Waals surface area (Å²) >= 11 is 7.83. The number of nitrogens with zero attached hydrogens (tertiary/aromatic N) is 2. The Kier molecular flexibility index (Phi) is 5.08. The van der Waals surface area contributed by atoms with Crippen LogP contribution in [0.2, 0.25) is 5.02 Å². The van der Waals surface area contributed by atoms with Gasteiger partial charge in [0.2, 0.25) is 0 Å². The third kappa shape index (κ3) is 3.38. The SMILES string of the molecule is CC(=O)c1ccc(N2CCN(C(=O)c3sc4ccccc4c3Cl)CC2)c(F)c1. The van der Waals surface area contributed by atoms with Gasteiger partial charge in [0.15, 0.2) is 5.78 Å². The Morgan fingerprint density at radius 2 is 1.79 bits per heavy atom. The van der Waals surface area contributed by atoms with Crippen LogP contribution < -0.4 is 4.90 Å². The minimum atomic E-state index is -0.417. The van der Waals surface area contributed by atoms with Crippen molar-refractivity contribution in [1.82, 2.24) is 4.90 Å². The highest BCUT2D eigenvalue weighted by molar-refractivity contribution is 7.21. The molecular weight excluding hydrogens is 399 g/mol. The number of anilines is 1. The predicted molar refractivity (Wildman–Crippen MR) is 111 cm³/mol. The Bertz CT molecular complexity index is 1070. The second kappa shape index (κ2) is 7.53. The van der Waals surface area contributed by atoms with Crippen LogP contribution in [0, 0.1) is 5.82 Å². The molecule has 3 aromatic rings. The number of rotatable bonds is 3. The van der Waals surface area contributed by atoms with Gasteiger partial charge in [-0.05, 0) is 31.2 Å². The maximum absolute atomic E-state index is 14.4. The zero-order valence-corrected chi connectivity index (χ0v) is 16.8. The molecule has 0 N–H and O–H groups in total. The molecule has 4 rings (SSSR count). The van der Waals surface area contributed by atoms with Gasteiger partial charge in [0, 0.05) is 41.8 Å². The molecule has 0 radical (unpaired) electrons. The van der Waals surface area contributed by atoms with Gasteiger partial charge < -0.3 is 9.80 Å². The second-order valence-corrected chi connectivity index (χ2v) is 8.17. The van der Waals surface area contributed by atoms with E-state index in [1.54, 1.807) is 17.0 Å². The molecule has 4 nitrogen and oxygen atoms in total. The van der Waals surface area contributed by atoms with E-state index in [0.29, 0.717) is 47.3 Å². The molecular formula is C21H18ClFN2O2S. The number of fused-ring (bicyclic) bond motifs is 1. The van der Waals surface area contributed by atoms with Gasteiger partial charge in [-0.15, -0.1) is 11.3 Å². The van der Waals surface area contributed by atoms with Gasteiger partial charge in [-0.2, -0.15) is 0 Å². The van der Waals surface area contributed by atoms with Crippen molar-refractivity contribution in [2.24, 2.45) is 0 Å². The van der Waals surface area contributed by atoms with Gasteiger partial charge in [-0.3, -0.25) is 9.59 Å². The lowest BCUT2D eigenvalue weighted by Crippen LogP contribution is -2.49. The Labute approximate surface area is 171 Å². The van der Waals surface area contributed by atoms with E-state index >= 15 is 0 Å². The molecule has 0 saturated carbocycles. The average Bonchev–Trinajstić information content (AvgIpc) is 3.04. The number of carbonyl (C=O) groups excluding carboxylic acids is 2. The molecule has 0 spiro atoms. The van der Waals surface area contributed by atoms with E-state index in [9.17, 15) is 14.0 Å². The number of halogens is 2. The molecule has 144 valence electrons. The lowest BCUT2D eigenvalue weighted by atomic mass is 10.1. The first-order valence-corrected chi connectivity index (χ1v) is 10.2. The molecule has 0 bridgehead atoms. The molecule has 1 aliphatic heterocycles. The zero-order chi connectivity index (χ0) is 19.8. The maximum atomic E-state index is 14.4. The number of amides is 1. The summed E-state index contributed by atoms with van der Waals surface area (Å²) in [6.45, 7) is 3.42. The number of hydrogen-bond donors (Lipinski definition) is 0. The fraction of sp³-hybridized carbons (Fsp3) is 0.238. The summed E-state index contributed by atoms with van der Waals surface area (Å²) in [4.78, 5) is 28.5. The Balaban J connectivity index is 1.48. The molecule has 7 heteroatoms. The number of hydrogen-bond acceptors (Lipinski definition) is 4. The summed E-state index contributed by atoms with van der Waals surface area (Å²) in [5.41, 5.74) is 0.812. The minimum Gasteiger partial charge on any atom is -0.366 e.